The average Bonchev–Trinajstić information content (AvgIpc) is 3.13. The van der Waals surface area contributed by atoms with Crippen LogP contribution in [0.2, 0.25) is 0 Å². The Morgan fingerprint density at radius 1 is 0.591 bits per heavy atom. The predicted molar refractivity (Wildman–Crippen MR) is 169 cm³/mol. The summed E-state index contributed by atoms with van der Waals surface area (Å²) >= 11 is 0. The molecule has 2 N–H and O–H groups in total. The molecule has 0 aliphatic carbocycles. The van der Waals surface area contributed by atoms with Gasteiger partial charge in [-0.15, -0.1) is 0 Å². The highest BCUT2D eigenvalue weighted by Crippen LogP contribution is 2.27. The zero-order valence-electron chi connectivity index (χ0n) is 25.4. The van der Waals surface area contributed by atoms with Gasteiger partial charge in [-0.25, -0.2) is 4.79 Å². The molecule has 3 fully saturated rings. The second kappa shape index (κ2) is 16.6. The summed E-state index contributed by atoms with van der Waals surface area (Å²) in [5, 5.41) is 23.5. The SMILES string of the molecule is O=C1N(CC#CCN2CCOCC2)[C@H](Cc2ccccc2)[C@H](O)[C@@H](O)[C@@H](Cc2ccccc2)N1CC#CCN1CCOCC1. The number of ether oxygens (including phenoxy) is 2. The third-order valence-corrected chi connectivity index (χ3v) is 8.57. The Morgan fingerprint density at radius 2 is 0.955 bits per heavy atom. The van der Waals surface area contributed by atoms with Crippen molar-refractivity contribution in [3.8, 4) is 23.7 Å². The van der Waals surface area contributed by atoms with Gasteiger partial charge in [-0.2, -0.15) is 0 Å². The molecule has 3 heterocycles. The summed E-state index contributed by atoms with van der Waals surface area (Å²) in [5.74, 6) is 12.9. The van der Waals surface area contributed by atoms with E-state index >= 15 is 0 Å². The maximum Gasteiger partial charge on any atom is 0.322 e. The molecule has 3 aliphatic heterocycles. The van der Waals surface area contributed by atoms with E-state index in [2.05, 4.69) is 33.5 Å². The van der Waals surface area contributed by atoms with Crippen LogP contribution < -0.4 is 0 Å². The largest absolute Gasteiger partial charge is 0.388 e. The molecule has 2 aromatic carbocycles. The summed E-state index contributed by atoms with van der Waals surface area (Å²) in [5.41, 5.74) is 1.95. The first kappa shape index (κ1) is 32.0. The van der Waals surface area contributed by atoms with Crippen LogP contribution in [0.25, 0.3) is 0 Å². The van der Waals surface area contributed by atoms with E-state index in [0.717, 1.165) is 37.3 Å². The van der Waals surface area contributed by atoms with E-state index in [-0.39, 0.29) is 19.1 Å². The van der Waals surface area contributed by atoms with Crippen LogP contribution in [-0.2, 0) is 22.3 Å². The molecule has 0 radical (unpaired) electrons. The van der Waals surface area contributed by atoms with Crippen LogP contribution in [0.5, 0.6) is 0 Å². The lowest BCUT2D eigenvalue weighted by molar-refractivity contribution is -0.0374. The Kier molecular flexibility index (Phi) is 12.1. The summed E-state index contributed by atoms with van der Waals surface area (Å²) in [7, 11) is 0. The van der Waals surface area contributed by atoms with Crippen LogP contribution in [0.1, 0.15) is 11.1 Å². The smallest absolute Gasteiger partial charge is 0.322 e. The summed E-state index contributed by atoms with van der Waals surface area (Å²) in [6, 6.07) is 18.0. The number of hydrogen-bond acceptors (Lipinski definition) is 7. The molecule has 3 saturated heterocycles. The van der Waals surface area contributed by atoms with Crippen molar-refractivity contribution in [2.24, 2.45) is 0 Å². The Bertz CT molecular complexity index is 1190. The summed E-state index contributed by atoms with van der Waals surface area (Å²) in [4.78, 5) is 22.2. The van der Waals surface area contributed by atoms with Crippen molar-refractivity contribution in [3.63, 3.8) is 0 Å². The number of hydrogen-bond donors (Lipinski definition) is 2. The Morgan fingerprint density at radius 3 is 1.34 bits per heavy atom. The maximum absolute atomic E-state index is 14.5. The molecule has 9 heteroatoms. The summed E-state index contributed by atoms with van der Waals surface area (Å²) in [6.07, 6.45) is -1.57. The van der Waals surface area contributed by atoms with Crippen molar-refractivity contribution in [2.75, 3.05) is 78.8 Å². The molecule has 2 amide bonds. The number of benzene rings is 2. The normalized spacial score (nSPS) is 25.0. The monoisotopic (exact) mass is 600 g/mol. The fourth-order valence-corrected chi connectivity index (χ4v) is 5.95. The van der Waals surface area contributed by atoms with Crippen LogP contribution in [0.15, 0.2) is 60.7 Å². The number of amides is 2. The number of aliphatic hydroxyl groups excluding tert-OH is 2. The number of rotatable bonds is 8. The number of urea groups is 1. The maximum atomic E-state index is 14.5. The van der Waals surface area contributed by atoms with Gasteiger partial charge < -0.3 is 29.5 Å². The van der Waals surface area contributed by atoms with Gasteiger partial charge in [-0.1, -0.05) is 84.3 Å². The zero-order chi connectivity index (χ0) is 30.6. The lowest BCUT2D eigenvalue weighted by atomic mass is 9.91. The number of carbonyl (C=O) groups excluding carboxylic acids is 1. The van der Waals surface area contributed by atoms with Crippen molar-refractivity contribution in [1.82, 2.24) is 19.6 Å². The molecule has 3 aliphatic rings. The quantitative estimate of drug-likeness (QED) is 0.443. The first-order valence-corrected chi connectivity index (χ1v) is 15.6. The van der Waals surface area contributed by atoms with Crippen LogP contribution in [0.4, 0.5) is 4.79 Å². The summed E-state index contributed by atoms with van der Waals surface area (Å²) in [6.45, 7) is 7.56. The molecule has 9 nitrogen and oxygen atoms in total. The minimum absolute atomic E-state index is 0.139. The number of aliphatic hydroxyl groups is 2. The average molecular weight is 601 g/mol. The van der Waals surface area contributed by atoms with E-state index in [1.807, 2.05) is 60.7 Å². The van der Waals surface area contributed by atoms with Gasteiger partial charge >= 0.3 is 6.03 Å². The van der Waals surface area contributed by atoms with Gasteiger partial charge in [0, 0.05) is 26.2 Å². The predicted octanol–water partition coefficient (Wildman–Crippen LogP) is 1.34. The topological polar surface area (TPSA) is 89.0 Å². The molecule has 0 aromatic heterocycles. The minimum atomic E-state index is -1.18. The van der Waals surface area contributed by atoms with Gasteiger partial charge in [0.25, 0.3) is 0 Å². The summed E-state index contributed by atoms with van der Waals surface area (Å²) < 4.78 is 10.9. The van der Waals surface area contributed by atoms with Crippen molar-refractivity contribution >= 4 is 6.03 Å². The molecule has 234 valence electrons. The Hall–Kier alpha value is -3.41. The second-order valence-corrected chi connectivity index (χ2v) is 11.5. The highest BCUT2D eigenvalue weighted by molar-refractivity contribution is 5.77. The van der Waals surface area contributed by atoms with Crippen LogP contribution in [-0.4, -0.2) is 139 Å². The fourth-order valence-electron chi connectivity index (χ4n) is 5.95. The zero-order valence-corrected chi connectivity index (χ0v) is 25.4. The molecule has 4 atom stereocenters. The highest BCUT2D eigenvalue weighted by Gasteiger charge is 2.46. The number of nitrogens with zero attached hydrogens (tertiary/aromatic N) is 4. The van der Waals surface area contributed by atoms with Gasteiger partial charge in [0.05, 0.1) is 64.7 Å². The van der Waals surface area contributed by atoms with Gasteiger partial charge in [0.1, 0.15) is 12.2 Å². The van der Waals surface area contributed by atoms with E-state index in [4.69, 9.17) is 9.47 Å². The Balaban J connectivity index is 1.42. The van der Waals surface area contributed by atoms with E-state index in [1.54, 1.807) is 9.80 Å². The molecule has 44 heavy (non-hydrogen) atoms. The molecule has 2 aromatic rings. The minimum Gasteiger partial charge on any atom is -0.388 e. The molecule has 0 unspecified atom stereocenters. The highest BCUT2D eigenvalue weighted by atomic mass is 16.5. The number of morpholine rings is 2. The second-order valence-electron chi connectivity index (χ2n) is 11.5. The first-order valence-electron chi connectivity index (χ1n) is 15.6. The first-order chi connectivity index (χ1) is 21.6. The molecule has 0 saturated carbocycles. The fraction of sp³-hybridized carbons (Fsp3) is 0.514. The van der Waals surface area contributed by atoms with E-state index in [0.29, 0.717) is 52.4 Å². The third-order valence-electron chi connectivity index (χ3n) is 8.57. The van der Waals surface area contributed by atoms with E-state index < -0.39 is 24.3 Å². The third kappa shape index (κ3) is 8.83. The van der Waals surface area contributed by atoms with E-state index in [1.165, 1.54) is 0 Å². The van der Waals surface area contributed by atoms with Gasteiger partial charge in [-0.05, 0) is 24.0 Å². The molecule has 0 bridgehead atoms. The van der Waals surface area contributed by atoms with Gasteiger partial charge in [0.15, 0.2) is 0 Å². The van der Waals surface area contributed by atoms with Crippen LogP contribution >= 0.6 is 0 Å². The van der Waals surface area contributed by atoms with E-state index in [9.17, 15) is 15.0 Å². The lowest BCUT2D eigenvalue weighted by Crippen LogP contribution is -2.51. The van der Waals surface area contributed by atoms with Crippen molar-refractivity contribution in [1.29, 1.82) is 0 Å². The van der Waals surface area contributed by atoms with Crippen LogP contribution in [0, 0.1) is 23.7 Å². The molecular weight excluding hydrogens is 556 g/mol. The molecule has 5 rings (SSSR count). The lowest BCUT2D eigenvalue weighted by Gasteiger charge is -2.33. The van der Waals surface area contributed by atoms with Crippen molar-refractivity contribution in [2.45, 2.75) is 37.1 Å². The molecular formula is C35H44N4O5. The van der Waals surface area contributed by atoms with Crippen molar-refractivity contribution < 1.29 is 24.5 Å². The molecule has 0 spiro atoms. The van der Waals surface area contributed by atoms with Gasteiger partial charge in [-0.3, -0.25) is 9.80 Å². The van der Waals surface area contributed by atoms with Crippen LogP contribution in [0.3, 0.4) is 0 Å². The van der Waals surface area contributed by atoms with Gasteiger partial charge in [0.2, 0.25) is 0 Å². The van der Waals surface area contributed by atoms with Crippen molar-refractivity contribution in [3.05, 3.63) is 71.8 Å². The standard InChI is InChI=1S/C35H44N4O5/c40-33-31(27-29-11-3-1-4-12-29)38(17-9-7-15-36-19-23-43-24-20-36)35(42)39(18-10-8-16-37-21-25-44-26-22-37)32(34(33)41)28-30-13-5-2-6-14-30/h1-6,11-14,31-34,40-41H,15-28H2/t31-,32-,33+,34+/m1/s1. The Labute approximate surface area is 261 Å². The number of carbonyl (C=O) groups is 1.